The molecule has 0 spiro atoms. The monoisotopic (exact) mass is 450 g/mol. The molecule has 0 aliphatic heterocycles. The van der Waals surface area contributed by atoms with Crippen LogP contribution in [0.25, 0.3) is 0 Å². The maximum atomic E-state index is 13.3. The highest BCUT2D eigenvalue weighted by molar-refractivity contribution is 5.93. The quantitative estimate of drug-likeness (QED) is 0.561. The number of carbonyl (C=O) groups is 2. The van der Waals surface area contributed by atoms with Gasteiger partial charge < -0.3 is 19.7 Å². The van der Waals surface area contributed by atoms with Gasteiger partial charge in [-0.25, -0.2) is 4.79 Å². The third kappa shape index (κ3) is 6.90. The van der Waals surface area contributed by atoms with E-state index < -0.39 is 17.8 Å². The van der Waals surface area contributed by atoms with Crippen molar-refractivity contribution < 1.29 is 22.8 Å². The lowest BCUT2D eigenvalue weighted by Crippen LogP contribution is -2.45. The normalized spacial score (nSPS) is 11.3. The van der Waals surface area contributed by atoms with Gasteiger partial charge in [0.15, 0.2) is 0 Å². The van der Waals surface area contributed by atoms with Crippen LogP contribution in [0.3, 0.4) is 0 Å². The smallest absolute Gasteiger partial charge is 0.353 e. The molecule has 0 unspecified atom stereocenters. The molecule has 2 aromatic rings. The van der Waals surface area contributed by atoms with E-state index in [9.17, 15) is 22.8 Å². The minimum Gasteiger partial charge on any atom is -0.353 e. The molecule has 1 aromatic heterocycles. The first-order valence-corrected chi connectivity index (χ1v) is 10.2. The van der Waals surface area contributed by atoms with Gasteiger partial charge >= 0.3 is 12.2 Å². The van der Waals surface area contributed by atoms with Crippen LogP contribution < -0.4 is 5.32 Å². The molecule has 0 saturated carbocycles. The Kier molecular flexibility index (Phi) is 8.51. The molecule has 1 aromatic carbocycles. The van der Waals surface area contributed by atoms with Crippen LogP contribution in [0.5, 0.6) is 0 Å². The summed E-state index contributed by atoms with van der Waals surface area (Å²) in [7, 11) is 1.88. The number of para-hydroxylation sites is 1. The lowest BCUT2D eigenvalue weighted by Gasteiger charge is -2.29. The van der Waals surface area contributed by atoms with Crippen LogP contribution in [0.1, 0.15) is 25.1 Å². The zero-order valence-electron chi connectivity index (χ0n) is 18.5. The lowest BCUT2D eigenvalue weighted by atomic mass is 10.1. The number of hydrogen-bond donors (Lipinski definition) is 1. The first-order valence-electron chi connectivity index (χ1n) is 10.2. The van der Waals surface area contributed by atoms with Crippen molar-refractivity contribution in [3.8, 4) is 0 Å². The van der Waals surface area contributed by atoms with E-state index in [1.165, 1.54) is 24.3 Å². The summed E-state index contributed by atoms with van der Waals surface area (Å²) in [6.07, 6.45) is -1.32. The number of nitrogens with one attached hydrogen (secondary N) is 1. The summed E-state index contributed by atoms with van der Waals surface area (Å²) in [5.41, 5.74) is -0.393. The number of aryl methyl sites for hydroxylation is 1. The average Bonchev–Trinajstić information content (AvgIpc) is 3.10. The summed E-state index contributed by atoms with van der Waals surface area (Å²) in [5.74, 6) is -0.111. The van der Waals surface area contributed by atoms with Crippen LogP contribution in [0.15, 0.2) is 55.3 Å². The van der Waals surface area contributed by atoms with Gasteiger partial charge in [-0.15, -0.1) is 6.58 Å². The molecule has 3 amide bonds. The molecule has 0 aliphatic carbocycles. The van der Waals surface area contributed by atoms with Crippen molar-refractivity contribution in [2.24, 2.45) is 13.0 Å². The second-order valence-electron chi connectivity index (χ2n) is 7.92. The fourth-order valence-corrected chi connectivity index (χ4v) is 3.22. The van der Waals surface area contributed by atoms with E-state index in [0.29, 0.717) is 13.1 Å². The molecule has 32 heavy (non-hydrogen) atoms. The van der Waals surface area contributed by atoms with Gasteiger partial charge in [-0.2, -0.15) is 13.2 Å². The minimum atomic E-state index is -4.62. The number of halogens is 3. The third-order valence-corrected chi connectivity index (χ3v) is 4.78. The Morgan fingerprint density at radius 1 is 1.16 bits per heavy atom. The molecule has 0 atom stereocenters. The van der Waals surface area contributed by atoms with Gasteiger partial charge in [-0.1, -0.05) is 32.1 Å². The van der Waals surface area contributed by atoms with E-state index in [-0.39, 0.29) is 30.6 Å². The van der Waals surface area contributed by atoms with Gasteiger partial charge in [0.05, 0.1) is 17.8 Å². The van der Waals surface area contributed by atoms with E-state index >= 15 is 0 Å². The molecule has 0 fully saturated rings. The van der Waals surface area contributed by atoms with Crippen LogP contribution in [-0.4, -0.2) is 45.9 Å². The van der Waals surface area contributed by atoms with Crippen molar-refractivity contribution in [2.75, 3.05) is 25.0 Å². The Morgan fingerprint density at radius 2 is 1.84 bits per heavy atom. The number of anilines is 1. The highest BCUT2D eigenvalue weighted by Crippen LogP contribution is 2.34. The van der Waals surface area contributed by atoms with E-state index in [2.05, 4.69) is 11.9 Å². The molecule has 174 valence electrons. The van der Waals surface area contributed by atoms with Crippen LogP contribution in [-0.2, 0) is 24.6 Å². The fourth-order valence-electron chi connectivity index (χ4n) is 3.22. The summed E-state index contributed by atoms with van der Waals surface area (Å²) in [6.45, 7) is 8.10. The summed E-state index contributed by atoms with van der Waals surface area (Å²) in [6, 6.07) is 7.69. The first-order chi connectivity index (χ1) is 15.0. The van der Waals surface area contributed by atoms with Gasteiger partial charge in [0, 0.05) is 32.0 Å². The molecular formula is C23H29F3N4O2. The number of amides is 3. The molecule has 1 heterocycles. The largest absolute Gasteiger partial charge is 0.418 e. The van der Waals surface area contributed by atoms with Gasteiger partial charge in [0.1, 0.15) is 6.54 Å². The lowest BCUT2D eigenvalue weighted by molar-refractivity contribution is -0.137. The summed E-state index contributed by atoms with van der Waals surface area (Å²) < 4.78 is 41.7. The third-order valence-electron chi connectivity index (χ3n) is 4.78. The highest BCUT2D eigenvalue weighted by atomic mass is 19.4. The zero-order chi connectivity index (χ0) is 23.9. The number of urea groups is 1. The summed E-state index contributed by atoms with van der Waals surface area (Å²) in [4.78, 5) is 28.6. The number of rotatable bonds is 9. The summed E-state index contributed by atoms with van der Waals surface area (Å²) >= 11 is 0. The van der Waals surface area contributed by atoms with Crippen molar-refractivity contribution in [2.45, 2.75) is 26.6 Å². The van der Waals surface area contributed by atoms with Gasteiger partial charge in [0.2, 0.25) is 5.91 Å². The van der Waals surface area contributed by atoms with Crippen LogP contribution in [0, 0.1) is 5.92 Å². The number of alkyl halides is 3. The molecule has 6 nitrogen and oxygen atoms in total. The molecule has 0 radical (unpaired) electrons. The molecule has 0 bridgehead atoms. The fraction of sp³-hybridized carbons (Fsp3) is 0.391. The molecule has 2 rings (SSSR count). The van der Waals surface area contributed by atoms with E-state index in [1.54, 1.807) is 4.90 Å². The van der Waals surface area contributed by atoms with E-state index in [4.69, 9.17) is 0 Å². The van der Waals surface area contributed by atoms with Gasteiger partial charge in [-0.05, 0) is 30.2 Å². The Balaban J connectivity index is 2.18. The SMILES string of the molecule is C=CCN(CC(=O)N(Cc1cccn1C)CC(C)C)C(=O)Nc1ccccc1C(F)(F)F. The molecule has 0 aliphatic rings. The van der Waals surface area contributed by atoms with Crippen LogP contribution in [0.2, 0.25) is 0 Å². The number of aromatic nitrogens is 1. The second-order valence-corrected chi connectivity index (χ2v) is 7.92. The highest BCUT2D eigenvalue weighted by Gasteiger charge is 2.34. The van der Waals surface area contributed by atoms with Crippen molar-refractivity contribution in [1.82, 2.24) is 14.4 Å². The van der Waals surface area contributed by atoms with Crippen molar-refractivity contribution in [3.05, 3.63) is 66.5 Å². The predicted molar refractivity (Wildman–Crippen MR) is 118 cm³/mol. The van der Waals surface area contributed by atoms with Gasteiger partial charge in [0.25, 0.3) is 0 Å². The maximum Gasteiger partial charge on any atom is 0.418 e. The molecule has 0 saturated heterocycles. The van der Waals surface area contributed by atoms with Crippen LogP contribution >= 0.6 is 0 Å². The standard InChI is InChI=1S/C23H29F3N4O2/c1-5-12-29(22(32)27-20-11-7-6-10-19(20)23(24,25)26)16-21(31)30(14-17(2)3)15-18-9-8-13-28(18)4/h5-11,13,17H,1,12,14-16H2,2-4H3,(H,27,32). The Labute approximate surface area is 186 Å². The second kappa shape index (κ2) is 10.9. The molecule has 1 N–H and O–H groups in total. The maximum absolute atomic E-state index is 13.3. The number of benzene rings is 1. The number of hydrogen-bond acceptors (Lipinski definition) is 2. The average molecular weight is 451 g/mol. The summed E-state index contributed by atoms with van der Waals surface area (Å²) in [5, 5.41) is 2.29. The Morgan fingerprint density at radius 3 is 2.41 bits per heavy atom. The number of nitrogens with zero attached hydrogens (tertiary/aromatic N) is 3. The van der Waals surface area contributed by atoms with Crippen molar-refractivity contribution in [3.63, 3.8) is 0 Å². The number of carbonyl (C=O) groups excluding carboxylic acids is 2. The van der Waals surface area contributed by atoms with Gasteiger partial charge in [-0.3, -0.25) is 4.79 Å². The van der Waals surface area contributed by atoms with Crippen LogP contribution in [0.4, 0.5) is 23.7 Å². The minimum absolute atomic E-state index is 0.00539. The first kappa shape index (κ1) is 25.0. The molecule has 9 heteroatoms. The molecular weight excluding hydrogens is 421 g/mol. The van der Waals surface area contributed by atoms with E-state index in [1.807, 2.05) is 43.8 Å². The zero-order valence-corrected chi connectivity index (χ0v) is 18.5. The van der Waals surface area contributed by atoms with E-state index in [0.717, 1.165) is 16.7 Å². The Hall–Kier alpha value is -3.23. The Bertz CT molecular complexity index is 937. The predicted octanol–water partition coefficient (Wildman–Crippen LogP) is 4.75. The topological polar surface area (TPSA) is 57.6 Å². The van der Waals surface area contributed by atoms with Crippen molar-refractivity contribution >= 4 is 17.6 Å². The van der Waals surface area contributed by atoms with Crippen molar-refractivity contribution in [1.29, 1.82) is 0 Å².